The van der Waals surface area contributed by atoms with Crippen molar-refractivity contribution in [3.63, 3.8) is 0 Å². The third-order valence-corrected chi connectivity index (χ3v) is 6.99. The smallest absolute Gasteiger partial charge is 0.417 e. The normalized spacial score (nSPS) is 15.1. The summed E-state index contributed by atoms with van der Waals surface area (Å²) in [5, 5.41) is 13.0. The number of ether oxygens (including phenoxy) is 1. The monoisotopic (exact) mass is 632 g/mol. The van der Waals surface area contributed by atoms with Crippen LogP contribution in [0.3, 0.4) is 0 Å². The van der Waals surface area contributed by atoms with Crippen molar-refractivity contribution in [2.45, 2.75) is 82.8 Å². The number of aromatic nitrogens is 5. The molecule has 2 N–H and O–H groups in total. The molecule has 3 rings (SSSR count). The number of hydrogen-bond donors (Lipinski definition) is 2. The van der Waals surface area contributed by atoms with Gasteiger partial charge in [-0.15, -0.1) is 0 Å². The standard InChI is InChI=1S/C12H14F5N3O4S.C10H19N5S/c1-11(2)4-7(19-24-11)25(21,22)5-6-8(12(15,16)17)18-20(3)9(6)23-10(13)14;1-6-11-7-12-8(15-10(2,3)4)14-9(13-7)16-5/h10H,4-5H2,1-3H3;6H2,1-5H3,(H2,11,12,13,14,15). The molecule has 232 valence electrons. The van der Waals surface area contributed by atoms with Crippen molar-refractivity contribution < 1.29 is 39.9 Å². The molecule has 0 unspecified atom stereocenters. The molecular formula is C22H33F5N8O4S2. The topological polar surface area (TPSA) is 146 Å². The minimum Gasteiger partial charge on any atom is -0.417 e. The molecule has 41 heavy (non-hydrogen) atoms. The second-order valence-electron chi connectivity index (χ2n) is 10.3. The van der Waals surface area contributed by atoms with E-state index in [0.717, 1.165) is 18.7 Å². The summed E-state index contributed by atoms with van der Waals surface area (Å²) in [7, 11) is -3.43. The fourth-order valence-corrected chi connectivity index (χ4v) is 5.14. The van der Waals surface area contributed by atoms with Gasteiger partial charge in [0.05, 0.1) is 11.3 Å². The van der Waals surface area contributed by atoms with E-state index in [1.165, 1.54) is 25.6 Å². The van der Waals surface area contributed by atoms with Gasteiger partial charge < -0.3 is 20.2 Å². The number of nitrogens with one attached hydrogen (secondary N) is 2. The van der Waals surface area contributed by atoms with E-state index in [2.05, 4.69) is 61.3 Å². The molecule has 2 aromatic rings. The van der Waals surface area contributed by atoms with Crippen LogP contribution in [0, 0.1) is 0 Å². The highest BCUT2D eigenvalue weighted by Gasteiger charge is 2.43. The number of alkyl halides is 5. The van der Waals surface area contributed by atoms with Gasteiger partial charge in [0.15, 0.2) is 25.7 Å². The predicted octanol–water partition coefficient (Wildman–Crippen LogP) is 4.70. The first-order valence-corrected chi connectivity index (χ1v) is 14.9. The zero-order valence-corrected chi connectivity index (χ0v) is 25.4. The van der Waals surface area contributed by atoms with Crippen LogP contribution in [0.2, 0.25) is 0 Å². The van der Waals surface area contributed by atoms with E-state index < -0.39 is 56.2 Å². The van der Waals surface area contributed by atoms with Gasteiger partial charge in [-0.05, 0) is 47.8 Å². The lowest BCUT2D eigenvalue weighted by Crippen LogP contribution is -2.27. The van der Waals surface area contributed by atoms with E-state index >= 15 is 0 Å². The first-order valence-electron chi connectivity index (χ1n) is 12.0. The van der Waals surface area contributed by atoms with E-state index in [9.17, 15) is 30.4 Å². The lowest BCUT2D eigenvalue weighted by atomic mass is 10.1. The molecule has 0 fully saturated rings. The van der Waals surface area contributed by atoms with Crippen LogP contribution in [-0.4, -0.2) is 68.7 Å². The van der Waals surface area contributed by atoms with Crippen molar-refractivity contribution >= 4 is 38.5 Å². The minimum absolute atomic E-state index is 0.0550. The van der Waals surface area contributed by atoms with Crippen molar-refractivity contribution in [1.29, 1.82) is 0 Å². The Morgan fingerprint density at radius 3 is 2.22 bits per heavy atom. The Bertz CT molecular complexity index is 1340. The van der Waals surface area contributed by atoms with E-state index in [0.29, 0.717) is 16.6 Å². The largest absolute Gasteiger partial charge is 0.435 e. The lowest BCUT2D eigenvalue weighted by molar-refractivity contribution is -0.142. The average Bonchev–Trinajstić information content (AvgIpc) is 3.32. The summed E-state index contributed by atoms with van der Waals surface area (Å²) < 4.78 is 93.4. The molecule has 1 aliphatic rings. The molecule has 0 bridgehead atoms. The van der Waals surface area contributed by atoms with E-state index in [-0.39, 0.29) is 12.0 Å². The molecule has 0 atom stereocenters. The van der Waals surface area contributed by atoms with Gasteiger partial charge in [0.2, 0.25) is 17.8 Å². The molecule has 2 aromatic heterocycles. The summed E-state index contributed by atoms with van der Waals surface area (Å²) in [5.74, 6) is -1.00. The van der Waals surface area contributed by atoms with Crippen LogP contribution < -0.4 is 15.4 Å². The van der Waals surface area contributed by atoms with Gasteiger partial charge >= 0.3 is 12.8 Å². The molecule has 0 amide bonds. The molecule has 0 saturated heterocycles. The minimum atomic E-state index is -5.06. The van der Waals surface area contributed by atoms with Gasteiger partial charge in [0, 0.05) is 25.6 Å². The van der Waals surface area contributed by atoms with Crippen LogP contribution in [0.1, 0.15) is 59.2 Å². The number of aryl methyl sites for hydroxylation is 1. The van der Waals surface area contributed by atoms with Gasteiger partial charge in [-0.2, -0.15) is 42.0 Å². The van der Waals surface area contributed by atoms with Crippen LogP contribution in [0.15, 0.2) is 10.3 Å². The Balaban J connectivity index is 0.000000317. The summed E-state index contributed by atoms with van der Waals surface area (Å²) in [6, 6.07) is 0. The Hall–Kier alpha value is -2.96. The fraction of sp³-hybridized carbons (Fsp3) is 0.682. The summed E-state index contributed by atoms with van der Waals surface area (Å²) in [6.45, 7) is 8.65. The van der Waals surface area contributed by atoms with Crippen molar-refractivity contribution in [1.82, 2.24) is 24.7 Å². The second-order valence-corrected chi connectivity index (χ2v) is 13.0. The summed E-state index contributed by atoms with van der Waals surface area (Å²) in [4.78, 5) is 17.8. The number of anilines is 2. The van der Waals surface area contributed by atoms with Crippen molar-refractivity contribution in [3.05, 3.63) is 11.3 Å². The van der Waals surface area contributed by atoms with Crippen LogP contribution in [-0.2, 0) is 33.7 Å². The Morgan fingerprint density at radius 1 is 1.15 bits per heavy atom. The van der Waals surface area contributed by atoms with Crippen LogP contribution in [0.4, 0.5) is 33.8 Å². The Kier molecular flexibility index (Phi) is 10.8. The molecule has 19 heteroatoms. The lowest BCUT2D eigenvalue weighted by Gasteiger charge is -2.20. The quantitative estimate of drug-likeness (QED) is 0.308. The van der Waals surface area contributed by atoms with Gasteiger partial charge in [-0.1, -0.05) is 16.9 Å². The van der Waals surface area contributed by atoms with Crippen molar-refractivity contribution in [2.24, 2.45) is 12.2 Å². The number of halogens is 5. The maximum absolute atomic E-state index is 13.1. The molecular weight excluding hydrogens is 599 g/mol. The molecule has 1 aliphatic heterocycles. The van der Waals surface area contributed by atoms with Crippen LogP contribution in [0.25, 0.3) is 0 Å². The van der Waals surface area contributed by atoms with Gasteiger partial charge in [0.1, 0.15) is 5.60 Å². The molecule has 3 heterocycles. The summed E-state index contributed by atoms with van der Waals surface area (Å²) in [6.07, 6.45) is -3.27. The second kappa shape index (κ2) is 12.9. The maximum atomic E-state index is 13.1. The zero-order chi connectivity index (χ0) is 31.4. The maximum Gasteiger partial charge on any atom is 0.435 e. The third-order valence-electron chi connectivity index (χ3n) is 4.84. The molecule has 0 radical (unpaired) electrons. The van der Waals surface area contributed by atoms with Crippen LogP contribution >= 0.6 is 11.8 Å². The van der Waals surface area contributed by atoms with Gasteiger partial charge in [-0.25, -0.2) is 13.1 Å². The molecule has 12 nitrogen and oxygen atoms in total. The highest BCUT2D eigenvalue weighted by atomic mass is 32.2. The summed E-state index contributed by atoms with van der Waals surface area (Å²) >= 11 is 1.51. The number of rotatable bonds is 8. The fourth-order valence-electron chi connectivity index (χ4n) is 3.26. The third kappa shape index (κ3) is 10.1. The van der Waals surface area contributed by atoms with E-state index in [4.69, 9.17) is 4.84 Å². The Morgan fingerprint density at radius 2 is 1.76 bits per heavy atom. The van der Waals surface area contributed by atoms with E-state index in [1.54, 1.807) is 0 Å². The van der Waals surface area contributed by atoms with Gasteiger partial charge in [0.25, 0.3) is 0 Å². The average molecular weight is 633 g/mol. The number of sulfone groups is 1. The number of oxime groups is 1. The number of nitrogens with zero attached hydrogens (tertiary/aromatic N) is 6. The predicted molar refractivity (Wildman–Crippen MR) is 144 cm³/mol. The molecule has 0 aromatic carbocycles. The van der Waals surface area contributed by atoms with Crippen molar-refractivity contribution in [2.75, 3.05) is 23.4 Å². The molecule has 0 saturated carbocycles. The first kappa shape index (κ1) is 34.2. The number of hydrogen-bond acceptors (Lipinski definition) is 12. The van der Waals surface area contributed by atoms with Gasteiger partial charge in [-0.3, -0.25) is 0 Å². The highest BCUT2D eigenvalue weighted by molar-refractivity contribution is 8.05. The molecule has 0 spiro atoms. The highest BCUT2D eigenvalue weighted by Crippen LogP contribution is 2.38. The Labute approximate surface area is 238 Å². The SMILES string of the molecule is CCNc1nc(NC(C)(C)C)nc(SC)n1.Cn1nc(C(F)(F)F)c(CS(=O)(=O)C2=NOC(C)(C)C2)c1OC(F)F. The van der Waals surface area contributed by atoms with E-state index in [1.807, 2.05) is 13.2 Å². The number of thioether (sulfide) groups is 1. The first-order chi connectivity index (χ1) is 18.7. The molecule has 0 aliphatic carbocycles. The van der Waals surface area contributed by atoms with Crippen LogP contribution in [0.5, 0.6) is 5.88 Å². The zero-order valence-electron chi connectivity index (χ0n) is 23.7. The van der Waals surface area contributed by atoms with Crippen molar-refractivity contribution in [3.8, 4) is 5.88 Å². The summed E-state index contributed by atoms with van der Waals surface area (Å²) in [5.41, 5.74) is -3.62.